The van der Waals surface area contributed by atoms with E-state index in [-0.39, 0.29) is 10.8 Å². The molecule has 0 saturated heterocycles. The molecule has 0 atom stereocenters. The first-order valence-electron chi connectivity index (χ1n) is 6.54. The van der Waals surface area contributed by atoms with Crippen molar-refractivity contribution in [3.05, 3.63) is 52.4 Å². The zero-order valence-electron chi connectivity index (χ0n) is 11.1. The van der Waals surface area contributed by atoms with E-state index in [1.165, 1.54) is 11.3 Å². The summed E-state index contributed by atoms with van der Waals surface area (Å²) in [6.07, 6.45) is 0. The lowest BCUT2D eigenvalue weighted by atomic mass is 10.1. The van der Waals surface area contributed by atoms with Gasteiger partial charge in [-0.25, -0.2) is 0 Å². The number of nitrogens with one attached hydrogen (secondary N) is 1. The van der Waals surface area contributed by atoms with E-state index in [0.717, 1.165) is 10.1 Å². The molecule has 0 aliphatic rings. The molecule has 2 aromatic carbocycles. The molecule has 4 nitrogen and oxygen atoms in total. The number of thiophene rings is 1. The summed E-state index contributed by atoms with van der Waals surface area (Å²) in [4.78, 5) is 14.5. The standard InChI is InChI=1S/C16H9ClN2O2S/c17-8-5-6-9-11(7-8)18-15(14(9)19-21)13-10-3-1-2-4-12(10)22-16(13)20/h1-7,18,20H. The van der Waals surface area contributed by atoms with Crippen LogP contribution in [-0.4, -0.2) is 10.1 Å². The van der Waals surface area contributed by atoms with Gasteiger partial charge in [0.2, 0.25) is 0 Å². The predicted molar refractivity (Wildman–Crippen MR) is 91.2 cm³/mol. The Bertz CT molecular complexity index is 1040. The zero-order valence-corrected chi connectivity index (χ0v) is 12.7. The first kappa shape index (κ1) is 13.3. The second-order valence-electron chi connectivity index (χ2n) is 4.91. The SMILES string of the molecule is O=Nc1c(-c2c(O)sc3ccccc23)[nH]c2cc(Cl)ccc12. The topological polar surface area (TPSA) is 65.4 Å². The lowest BCUT2D eigenvalue weighted by molar-refractivity contribution is 0.493. The Morgan fingerprint density at radius 1 is 1.14 bits per heavy atom. The normalized spacial score (nSPS) is 11.3. The highest BCUT2D eigenvalue weighted by molar-refractivity contribution is 7.21. The highest BCUT2D eigenvalue weighted by atomic mass is 35.5. The van der Waals surface area contributed by atoms with Crippen LogP contribution in [0.5, 0.6) is 5.06 Å². The Morgan fingerprint density at radius 2 is 1.95 bits per heavy atom. The highest BCUT2D eigenvalue weighted by Crippen LogP contribution is 2.48. The number of nitroso groups, excluding NO2 is 1. The number of hydrogen-bond acceptors (Lipinski definition) is 4. The molecule has 0 bridgehead atoms. The third-order valence-electron chi connectivity index (χ3n) is 3.65. The van der Waals surface area contributed by atoms with E-state index in [9.17, 15) is 10.0 Å². The summed E-state index contributed by atoms with van der Waals surface area (Å²) in [7, 11) is 0. The fourth-order valence-corrected chi connectivity index (χ4v) is 3.83. The zero-order chi connectivity index (χ0) is 15.3. The van der Waals surface area contributed by atoms with E-state index in [4.69, 9.17) is 11.6 Å². The molecular weight excluding hydrogens is 320 g/mol. The van der Waals surface area contributed by atoms with Crippen LogP contribution >= 0.6 is 22.9 Å². The maximum absolute atomic E-state index is 11.3. The molecule has 4 aromatic rings. The Morgan fingerprint density at radius 3 is 2.77 bits per heavy atom. The molecule has 2 N–H and O–H groups in total. The smallest absolute Gasteiger partial charge is 0.181 e. The number of aromatic nitrogens is 1. The molecule has 0 radical (unpaired) electrons. The molecule has 0 aliphatic carbocycles. The molecule has 4 rings (SSSR count). The molecule has 2 aromatic heterocycles. The summed E-state index contributed by atoms with van der Waals surface area (Å²) in [6, 6.07) is 12.8. The minimum Gasteiger partial charge on any atom is -0.499 e. The molecule has 22 heavy (non-hydrogen) atoms. The van der Waals surface area contributed by atoms with Gasteiger partial charge in [0, 0.05) is 26.0 Å². The average Bonchev–Trinajstić information content (AvgIpc) is 3.02. The van der Waals surface area contributed by atoms with Gasteiger partial charge in [-0.3, -0.25) is 0 Å². The van der Waals surface area contributed by atoms with Crippen molar-refractivity contribution in [3.8, 4) is 16.3 Å². The molecule has 0 aliphatic heterocycles. The molecular formula is C16H9ClN2O2S. The molecule has 0 saturated carbocycles. The number of H-pyrrole nitrogens is 1. The van der Waals surface area contributed by atoms with E-state index >= 15 is 0 Å². The number of aromatic amines is 1. The maximum atomic E-state index is 11.3. The third kappa shape index (κ3) is 1.83. The number of nitrogens with zero attached hydrogens (tertiary/aromatic N) is 1. The van der Waals surface area contributed by atoms with Gasteiger partial charge in [-0.05, 0) is 29.4 Å². The molecule has 0 amide bonds. The van der Waals surface area contributed by atoms with Gasteiger partial charge in [0.15, 0.2) is 5.06 Å². The number of halogens is 1. The van der Waals surface area contributed by atoms with E-state index in [2.05, 4.69) is 10.2 Å². The van der Waals surface area contributed by atoms with Crippen molar-refractivity contribution in [1.82, 2.24) is 4.98 Å². The van der Waals surface area contributed by atoms with Crippen LogP contribution in [0.15, 0.2) is 47.6 Å². The van der Waals surface area contributed by atoms with Crippen molar-refractivity contribution < 1.29 is 5.11 Å². The summed E-state index contributed by atoms with van der Waals surface area (Å²) in [5.74, 6) is 0. The van der Waals surface area contributed by atoms with Crippen LogP contribution in [0.3, 0.4) is 0 Å². The predicted octanol–water partition coefficient (Wildman–Crippen LogP) is 5.81. The van der Waals surface area contributed by atoms with Gasteiger partial charge in [0.1, 0.15) is 5.69 Å². The summed E-state index contributed by atoms with van der Waals surface area (Å²) in [6.45, 7) is 0. The van der Waals surface area contributed by atoms with Crippen LogP contribution in [0.4, 0.5) is 5.69 Å². The summed E-state index contributed by atoms with van der Waals surface area (Å²) in [5.41, 5.74) is 2.11. The van der Waals surface area contributed by atoms with Crippen molar-refractivity contribution in [2.24, 2.45) is 5.18 Å². The fourth-order valence-electron chi connectivity index (χ4n) is 2.70. The second-order valence-corrected chi connectivity index (χ2v) is 6.38. The van der Waals surface area contributed by atoms with Gasteiger partial charge in [0.05, 0.1) is 11.3 Å². The van der Waals surface area contributed by atoms with Crippen LogP contribution in [0, 0.1) is 4.91 Å². The maximum Gasteiger partial charge on any atom is 0.181 e. The van der Waals surface area contributed by atoms with Crippen molar-refractivity contribution in [1.29, 1.82) is 0 Å². The van der Waals surface area contributed by atoms with Crippen LogP contribution in [0.2, 0.25) is 5.02 Å². The molecule has 6 heteroatoms. The fraction of sp³-hybridized carbons (Fsp3) is 0. The first-order chi connectivity index (χ1) is 10.7. The van der Waals surface area contributed by atoms with Gasteiger partial charge in [0.25, 0.3) is 0 Å². The monoisotopic (exact) mass is 328 g/mol. The largest absolute Gasteiger partial charge is 0.499 e. The molecule has 0 spiro atoms. The van der Waals surface area contributed by atoms with Gasteiger partial charge in [-0.2, -0.15) is 0 Å². The van der Waals surface area contributed by atoms with Crippen molar-refractivity contribution in [2.75, 3.05) is 0 Å². The summed E-state index contributed by atoms with van der Waals surface area (Å²) < 4.78 is 0.948. The van der Waals surface area contributed by atoms with Crippen LogP contribution in [0.25, 0.3) is 32.2 Å². The molecule has 0 fully saturated rings. The lowest BCUT2D eigenvalue weighted by Gasteiger charge is -1.98. The lowest BCUT2D eigenvalue weighted by Crippen LogP contribution is -1.76. The van der Waals surface area contributed by atoms with E-state index in [1.807, 2.05) is 24.3 Å². The van der Waals surface area contributed by atoms with Gasteiger partial charge < -0.3 is 10.1 Å². The molecule has 0 unspecified atom stereocenters. The van der Waals surface area contributed by atoms with Crippen molar-refractivity contribution >= 4 is 49.6 Å². The molecule has 2 heterocycles. The van der Waals surface area contributed by atoms with Crippen molar-refractivity contribution in [3.63, 3.8) is 0 Å². The van der Waals surface area contributed by atoms with Gasteiger partial charge >= 0.3 is 0 Å². The van der Waals surface area contributed by atoms with Crippen LogP contribution in [0.1, 0.15) is 0 Å². The number of aromatic hydroxyl groups is 1. The minimum atomic E-state index is 0.156. The van der Waals surface area contributed by atoms with E-state index in [1.54, 1.807) is 18.2 Å². The Labute approximate surface area is 133 Å². The van der Waals surface area contributed by atoms with E-state index in [0.29, 0.717) is 27.2 Å². The molecule has 108 valence electrons. The number of rotatable bonds is 2. The first-order valence-corrected chi connectivity index (χ1v) is 7.74. The number of hydrogen-bond donors (Lipinski definition) is 2. The highest BCUT2D eigenvalue weighted by Gasteiger charge is 2.21. The van der Waals surface area contributed by atoms with Gasteiger partial charge in [-0.1, -0.05) is 41.1 Å². The second kappa shape index (κ2) is 4.83. The van der Waals surface area contributed by atoms with Crippen LogP contribution in [-0.2, 0) is 0 Å². The Kier molecular flexibility index (Phi) is 2.92. The van der Waals surface area contributed by atoms with Gasteiger partial charge in [-0.15, -0.1) is 4.91 Å². The minimum absolute atomic E-state index is 0.156. The number of benzene rings is 2. The van der Waals surface area contributed by atoms with E-state index < -0.39 is 0 Å². The Balaban J connectivity index is 2.12. The third-order valence-corrected chi connectivity index (χ3v) is 4.86. The Hall–Kier alpha value is -2.37. The van der Waals surface area contributed by atoms with Crippen molar-refractivity contribution in [2.45, 2.75) is 0 Å². The summed E-state index contributed by atoms with van der Waals surface area (Å²) >= 11 is 7.27. The number of fused-ring (bicyclic) bond motifs is 2. The van der Waals surface area contributed by atoms with Crippen LogP contribution < -0.4 is 0 Å². The summed E-state index contributed by atoms with van der Waals surface area (Å²) in [5, 5.41) is 15.8. The average molecular weight is 329 g/mol. The quantitative estimate of drug-likeness (QED) is 0.456.